The number of nitrogens with one attached hydrogen (secondary N) is 1. The minimum absolute atomic E-state index is 0.245. The van der Waals surface area contributed by atoms with Crippen LogP contribution < -0.4 is 10.1 Å². The van der Waals surface area contributed by atoms with E-state index < -0.39 is 70.3 Å². The molecule has 4 rings (SSSR count). The minimum Gasteiger partial charge on any atom is -0.506 e. The molecule has 3 aliphatic rings. The van der Waals surface area contributed by atoms with Crippen molar-refractivity contribution in [2.75, 3.05) is 7.11 Å². The van der Waals surface area contributed by atoms with E-state index in [9.17, 15) is 34.5 Å². The molecule has 1 aromatic carbocycles. The van der Waals surface area contributed by atoms with Crippen molar-refractivity contribution in [1.29, 1.82) is 0 Å². The van der Waals surface area contributed by atoms with Gasteiger partial charge in [0.15, 0.2) is 17.5 Å². The molecule has 1 aliphatic carbocycles. The lowest BCUT2D eigenvalue weighted by molar-refractivity contribution is -0.204. The summed E-state index contributed by atoms with van der Waals surface area (Å²) in [4.78, 5) is 49.7. The Bertz CT molecular complexity index is 1010. The van der Waals surface area contributed by atoms with Crippen LogP contribution in [0.4, 0.5) is 0 Å². The second-order valence-electron chi connectivity index (χ2n) is 7.93. The van der Waals surface area contributed by atoms with E-state index in [0.717, 1.165) is 27.0 Å². The maximum absolute atomic E-state index is 13.5. The number of ether oxygens (including phenoxy) is 3. The number of phenolic OH excluding ortho intramolecular Hbond substituents is 1. The fourth-order valence-electron chi connectivity index (χ4n) is 4.73. The molecule has 0 unspecified atom stereocenters. The molecule has 2 heterocycles. The number of methoxy groups -OCH3 is 1. The molecule has 1 amide bonds. The van der Waals surface area contributed by atoms with Crippen LogP contribution in [0, 0.1) is 5.92 Å². The SMILES string of the molecule is COC(=O)c1ccc2c(c1O)C(=O)[C@H]1[C@@](C)(O)[C@H]3OC(=O)CC(=O)N[C@]1(O2)[C@]3(C)O. The second-order valence-corrected chi connectivity index (χ2v) is 7.93. The highest BCUT2D eigenvalue weighted by atomic mass is 16.6. The topological polar surface area (TPSA) is 169 Å². The van der Waals surface area contributed by atoms with Crippen molar-refractivity contribution in [3.63, 3.8) is 0 Å². The van der Waals surface area contributed by atoms with Gasteiger partial charge in [0.05, 0.1) is 7.11 Å². The van der Waals surface area contributed by atoms with Crippen LogP contribution in [-0.4, -0.2) is 69.1 Å². The molecular formula is C19H19NO10. The van der Waals surface area contributed by atoms with Crippen LogP contribution in [0.15, 0.2) is 12.1 Å². The summed E-state index contributed by atoms with van der Waals surface area (Å²) < 4.78 is 15.6. The Hall–Kier alpha value is -3.18. The van der Waals surface area contributed by atoms with Gasteiger partial charge in [0, 0.05) is 0 Å². The first-order valence-corrected chi connectivity index (χ1v) is 9.01. The van der Waals surface area contributed by atoms with Crippen LogP contribution in [0.3, 0.4) is 0 Å². The molecule has 1 aromatic rings. The van der Waals surface area contributed by atoms with Crippen LogP contribution in [0.1, 0.15) is 41.0 Å². The lowest BCUT2D eigenvalue weighted by Crippen LogP contribution is -2.72. The van der Waals surface area contributed by atoms with Gasteiger partial charge in [-0.3, -0.25) is 14.4 Å². The van der Waals surface area contributed by atoms with Gasteiger partial charge in [-0.2, -0.15) is 0 Å². The van der Waals surface area contributed by atoms with Crippen molar-refractivity contribution in [3.8, 4) is 11.5 Å². The van der Waals surface area contributed by atoms with Crippen LogP contribution in [0.25, 0.3) is 0 Å². The first kappa shape index (κ1) is 20.1. The number of fused-ring (bicyclic) bond motifs is 2. The Labute approximate surface area is 169 Å². The van der Waals surface area contributed by atoms with Gasteiger partial charge in [-0.05, 0) is 26.0 Å². The number of phenols is 1. The summed E-state index contributed by atoms with van der Waals surface area (Å²) in [7, 11) is 1.09. The van der Waals surface area contributed by atoms with E-state index in [-0.39, 0.29) is 11.3 Å². The molecule has 11 nitrogen and oxygen atoms in total. The van der Waals surface area contributed by atoms with Crippen molar-refractivity contribution in [3.05, 3.63) is 23.3 Å². The van der Waals surface area contributed by atoms with Gasteiger partial charge in [0.1, 0.15) is 40.6 Å². The minimum atomic E-state index is -2.24. The number of aliphatic hydroxyl groups is 2. The second kappa shape index (κ2) is 5.92. The number of amides is 1. The summed E-state index contributed by atoms with van der Waals surface area (Å²) in [5.41, 5.74) is -7.41. The highest BCUT2D eigenvalue weighted by Crippen LogP contribution is 2.57. The van der Waals surface area contributed by atoms with Crippen molar-refractivity contribution in [1.82, 2.24) is 5.32 Å². The molecule has 0 aromatic heterocycles. The van der Waals surface area contributed by atoms with E-state index >= 15 is 0 Å². The number of esters is 2. The lowest BCUT2D eigenvalue weighted by atomic mass is 9.77. The van der Waals surface area contributed by atoms with Gasteiger partial charge in [0.2, 0.25) is 11.6 Å². The Kier molecular flexibility index (Phi) is 3.97. The summed E-state index contributed by atoms with van der Waals surface area (Å²) in [6.07, 6.45) is -2.36. The maximum atomic E-state index is 13.5. The zero-order valence-electron chi connectivity index (χ0n) is 16.2. The number of aromatic hydroxyl groups is 1. The number of rotatable bonds is 1. The molecule has 1 saturated heterocycles. The number of carbonyl (C=O) groups is 4. The molecule has 5 atom stereocenters. The van der Waals surface area contributed by atoms with Gasteiger partial charge in [-0.1, -0.05) is 0 Å². The molecule has 11 heteroatoms. The van der Waals surface area contributed by atoms with Gasteiger partial charge in [-0.15, -0.1) is 0 Å². The number of carbonyl (C=O) groups excluding carboxylic acids is 4. The summed E-state index contributed by atoms with van der Waals surface area (Å²) in [5, 5.41) is 35.4. The maximum Gasteiger partial charge on any atom is 0.341 e. The van der Waals surface area contributed by atoms with Crippen LogP contribution in [0.2, 0.25) is 0 Å². The van der Waals surface area contributed by atoms with Gasteiger partial charge < -0.3 is 34.8 Å². The average Bonchev–Trinajstić information content (AvgIpc) is 2.77. The number of ketones is 1. The summed E-state index contributed by atoms with van der Waals surface area (Å²) >= 11 is 0. The first-order valence-electron chi connectivity index (χ1n) is 9.01. The molecule has 1 spiro atoms. The smallest absolute Gasteiger partial charge is 0.341 e. The zero-order chi connectivity index (χ0) is 22.2. The summed E-state index contributed by atoms with van der Waals surface area (Å²) in [5.74, 6) is -6.42. The average molecular weight is 421 g/mol. The quantitative estimate of drug-likeness (QED) is 0.326. The lowest BCUT2D eigenvalue weighted by Gasteiger charge is -2.47. The molecule has 0 radical (unpaired) electrons. The molecule has 2 aliphatic heterocycles. The van der Waals surface area contributed by atoms with Crippen molar-refractivity contribution in [2.45, 2.75) is 43.3 Å². The number of Topliss-reactive ketones (excluding diaryl/α,β-unsaturated/α-hetero) is 1. The Morgan fingerprint density at radius 1 is 1.23 bits per heavy atom. The molecule has 160 valence electrons. The van der Waals surface area contributed by atoms with E-state index in [2.05, 4.69) is 10.1 Å². The number of hydrogen-bond acceptors (Lipinski definition) is 10. The monoisotopic (exact) mass is 421 g/mol. The van der Waals surface area contributed by atoms with Crippen molar-refractivity contribution < 1.29 is 48.7 Å². The predicted molar refractivity (Wildman–Crippen MR) is 94.5 cm³/mol. The summed E-state index contributed by atoms with van der Waals surface area (Å²) in [6.45, 7) is 2.31. The molecule has 1 saturated carbocycles. The van der Waals surface area contributed by atoms with Crippen LogP contribution in [0.5, 0.6) is 11.5 Å². The van der Waals surface area contributed by atoms with Gasteiger partial charge in [0.25, 0.3) is 0 Å². The van der Waals surface area contributed by atoms with E-state index in [1.54, 1.807) is 0 Å². The van der Waals surface area contributed by atoms with Gasteiger partial charge in [-0.25, -0.2) is 4.79 Å². The van der Waals surface area contributed by atoms with Crippen molar-refractivity contribution in [2.24, 2.45) is 5.92 Å². The van der Waals surface area contributed by atoms with E-state index in [4.69, 9.17) is 9.47 Å². The third-order valence-electron chi connectivity index (χ3n) is 5.99. The van der Waals surface area contributed by atoms with Crippen LogP contribution in [-0.2, 0) is 19.1 Å². The predicted octanol–water partition coefficient (Wildman–Crippen LogP) is -0.986. The number of hydrogen-bond donors (Lipinski definition) is 4. The summed E-state index contributed by atoms with van der Waals surface area (Å²) in [6, 6.07) is 2.34. The fourth-order valence-corrected chi connectivity index (χ4v) is 4.73. The van der Waals surface area contributed by atoms with Gasteiger partial charge >= 0.3 is 11.9 Å². The van der Waals surface area contributed by atoms with E-state index in [0.29, 0.717) is 0 Å². The highest BCUT2D eigenvalue weighted by molar-refractivity contribution is 6.09. The van der Waals surface area contributed by atoms with Crippen LogP contribution >= 0.6 is 0 Å². The zero-order valence-corrected chi connectivity index (χ0v) is 16.2. The Morgan fingerprint density at radius 3 is 2.53 bits per heavy atom. The molecule has 2 fully saturated rings. The Balaban J connectivity index is 1.98. The van der Waals surface area contributed by atoms with E-state index in [1.165, 1.54) is 6.07 Å². The normalized spacial score (nSPS) is 37.0. The standard InChI is InChI=1S/C19H19NO10/c1-17(26)14-13(24)11-8(5-4-7(12(11)23)15(25)28-3)30-19(14)18(2,27)16(17)29-10(22)6-9(21)20-19/h4-5,14,16,23,26-27H,6H2,1-3H3,(H,20,21)/t14-,16+,17+,18+,19+/m0/s1. The Morgan fingerprint density at radius 2 is 1.90 bits per heavy atom. The van der Waals surface area contributed by atoms with Crippen molar-refractivity contribution >= 4 is 23.6 Å². The fraction of sp³-hybridized carbons (Fsp3) is 0.474. The van der Waals surface area contributed by atoms with E-state index in [1.807, 2.05) is 0 Å². The molecular weight excluding hydrogens is 402 g/mol. The molecule has 4 N–H and O–H groups in total. The highest BCUT2D eigenvalue weighted by Gasteiger charge is 2.80. The largest absolute Gasteiger partial charge is 0.506 e. The molecule has 2 bridgehead atoms. The first-order chi connectivity index (χ1) is 13.9. The number of benzene rings is 1. The third-order valence-corrected chi connectivity index (χ3v) is 5.99. The molecule has 30 heavy (non-hydrogen) atoms. The third kappa shape index (κ3) is 2.27.